The van der Waals surface area contributed by atoms with Gasteiger partial charge in [-0.1, -0.05) is 5.16 Å². The highest BCUT2D eigenvalue weighted by atomic mass is 32.2. The molecule has 8 heteroatoms. The Labute approximate surface area is 145 Å². The first-order valence-corrected chi connectivity index (χ1v) is 9.46. The fourth-order valence-corrected chi connectivity index (χ4v) is 5.20. The average molecular weight is 361 g/mol. The molecule has 1 aromatic carbocycles. The summed E-state index contributed by atoms with van der Waals surface area (Å²) >= 11 is 0. The smallest absolute Gasteiger partial charge is 0.248 e. The van der Waals surface area contributed by atoms with Gasteiger partial charge >= 0.3 is 0 Å². The monoisotopic (exact) mass is 361 g/mol. The highest BCUT2D eigenvalue weighted by Crippen LogP contribution is 2.33. The van der Waals surface area contributed by atoms with Crippen molar-refractivity contribution in [3.63, 3.8) is 0 Å². The van der Waals surface area contributed by atoms with Crippen molar-refractivity contribution in [1.29, 1.82) is 0 Å². The second-order valence-corrected chi connectivity index (χ2v) is 8.11. The third-order valence-electron chi connectivity index (χ3n) is 4.71. The van der Waals surface area contributed by atoms with Crippen LogP contribution in [0.4, 0.5) is 0 Å². The standard InChI is InChI=1S/C17H19N3O4S/c1-10-17(11(2)24-19-10)25(21,22)20-7-6-13-14-8-12(23-3)4-5-15(14)18-16(13)9-20/h4-5,8,18H,6-7,9H2,1-3H3. The molecular formula is C17H19N3O4S. The molecule has 25 heavy (non-hydrogen) atoms. The third-order valence-corrected chi connectivity index (χ3v) is 6.80. The van der Waals surface area contributed by atoms with Gasteiger partial charge in [0.05, 0.1) is 13.7 Å². The number of benzene rings is 1. The van der Waals surface area contributed by atoms with Crippen molar-refractivity contribution in [2.45, 2.75) is 31.7 Å². The lowest BCUT2D eigenvalue weighted by Crippen LogP contribution is -2.36. The summed E-state index contributed by atoms with van der Waals surface area (Å²) in [5.41, 5.74) is 3.45. The van der Waals surface area contributed by atoms with Gasteiger partial charge in [-0.15, -0.1) is 0 Å². The quantitative estimate of drug-likeness (QED) is 0.774. The number of ether oxygens (including phenoxy) is 1. The SMILES string of the molecule is COc1ccc2[nH]c3c(c2c1)CCN(S(=O)(=O)c1c(C)noc1C)C3. The van der Waals surface area contributed by atoms with E-state index in [1.54, 1.807) is 21.0 Å². The van der Waals surface area contributed by atoms with Gasteiger partial charge < -0.3 is 14.2 Å². The zero-order valence-electron chi connectivity index (χ0n) is 14.3. The Hall–Kier alpha value is -2.32. The second-order valence-electron chi connectivity index (χ2n) is 6.24. The summed E-state index contributed by atoms with van der Waals surface area (Å²) in [7, 11) is -2.00. The molecule has 7 nitrogen and oxygen atoms in total. The normalized spacial score (nSPS) is 15.5. The number of rotatable bonds is 3. The van der Waals surface area contributed by atoms with E-state index in [4.69, 9.17) is 9.26 Å². The van der Waals surface area contributed by atoms with Crippen LogP contribution < -0.4 is 4.74 Å². The molecule has 0 saturated carbocycles. The number of hydrogen-bond donors (Lipinski definition) is 1. The van der Waals surface area contributed by atoms with Crippen molar-refractivity contribution in [3.8, 4) is 5.75 Å². The number of aryl methyl sites for hydroxylation is 2. The van der Waals surface area contributed by atoms with Crippen LogP contribution in [0.25, 0.3) is 10.9 Å². The molecule has 0 bridgehead atoms. The van der Waals surface area contributed by atoms with Crippen LogP contribution in [0.1, 0.15) is 22.7 Å². The van der Waals surface area contributed by atoms with Gasteiger partial charge in [0.2, 0.25) is 10.0 Å². The molecule has 0 spiro atoms. The van der Waals surface area contributed by atoms with Crippen molar-refractivity contribution in [1.82, 2.24) is 14.4 Å². The van der Waals surface area contributed by atoms with E-state index in [9.17, 15) is 8.42 Å². The minimum absolute atomic E-state index is 0.175. The Morgan fingerprint density at radius 2 is 2.12 bits per heavy atom. The molecular weight excluding hydrogens is 342 g/mol. The molecule has 2 aromatic heterocycles. The second kappa shape index (κ2) is 5.60. The maximum atomic E-state index is 13.0. The van der Waals surface area contributed by atoms with Gasteiger partial charge in [-0.3, -0.25) is 0 Å². The van der Waals surface area contributed by atoms with Crippen LogP contribution in [0, 0.1) is 13.8 Å². The molecule has 0 fully saturated rings. The Bertz CT molecular complexity index is 1050. The molecule has 132 valence electrons. The number of hydrogen-bond acceptors (Lipinski definition) is 5. The summed E-state index contributed by atoms with van der Waals surface area (Å²) in [4.78, 5) is 3.52. The van der Waals surface area contributed by atoms with Crippen LogP contribution in [0.3, 0.4) is 0 Å². The number of sulfonamides is 1. The lowest BCUT2D eigenvalue weighted by Gasteiger charge is -2.26. The number of H-pyrrole nitrogens is 1. The largest absolute Gasteiger partial charge is 0.497 e. The predicted molar refractivity (Wildman–Crippen MR) is 92.1 cm³/mol. The minimum Gasteiger partial charge on any atom is -0.497 e. The first kappa shape index (κ1) is 16.2. The number of aromatic nitrogens is 2. The molecule has 1 aliphatic rings. The Morgan fingerprint density at radius 3 is 2.80 bits per heavy atom. The first-order valence-electron chi connectivity index (χ1n) is 8.02. The molecule has 4 rings (SSSR count). The molecule has 0 saturated heterocycles. The van der Waals surface area contributed by atoms with E-state index in [1.165, 1.54) is 4.31 Å². The van der Waals surface area contributed by atoms with Gasteiger partial charge in [0, 0.05) is 23.1 Å². The van der Waals surface area contributed by atoms with Crippen LogP contribution >= 0.6 is 0 Å². The molecule has 0 atom stereocenters. The highest BCUT2D eigenvalue weighted by molar-refractivity contribution is 7.89. The number of methoxy groups -OCH3 is 1. The Balaban J connectivity index is 1.74. The van der Waals surface area contributed by atoms with E-state index < -0.39 is 10.0 Å². The van der Waals surface area contributed by atoms with E-state index in [1.807, 2.05) is 18.2 Å². The van der Waals surface area contributed by atoms with E-state index >= 15 is 0 Å². The van der Waals surface area contributed by atoms with Gasteiger partial charge in [-0.25, -0.2) is 8.42 Å². The van der Waals surface area contributed by atoms with Crippen LogP contribution in [0.2, 0.25) is 0 Å². The van der Waals surface area contributed by atoms with Gasteiger partial charge in [0.15, 0.2) is 5.76 Å². The number of nitrogens with zero attached hydrogens (tertiary/aromatic N) is 2. The molecule has 0 unspecified atom stereocenters. The zero-order valence-corrected chi connectivity index (χ0v) is 15.1. The summed E-state index contributed by atoms with van der Waals surface area (Å²) in [5.74, 6) is 1.12. The fraction of sp³-hybridized carbons (Fsp3) is 0.353. The average Bonchev–Trinajstić information content (AvgIpc) is 3.13. The van der Waals surface area contributed by atoms with Crippen LogP contribution in [0.15, 0.2) is 27.6 Å². The van der Waals surface area contributed by atoms with Crippen LogP contribution in [-0.4, -0.2) is 36.5 Å². The molecule has 1 N–H and O–H groups in total. The number of aromatic amines is 1. The van der Waals surface area contributed by atoms with Gasteiger partial charge in [0.1, 0.15) is 16.3 Å². The van der Waals surface area contributed by atoms with Crippen LogP contribution in [0.5, 0.6) is 5.75 Å². The first-order chi connectivity index (χ1) is 11.9. The van der Waals surface area contributed by atoms with Gasteiger partial charge in [-0.2, -0.15) is 4.31 Å². The third kappa shape index (κ3) is 2.44. The summed E-state index contributed by atoms with van der Waals surface area (Å²) in [5, 5.41) is 4.86. The number of fused-ring (bicyclic) bond motifs is 3. The molecule has 0 amide bonds. The fourth-order valence-electron chi connectivity index (χ4n) is 3.50. The van der Waals surface area contributed by atoms with E-state index in [-0.39, 0.29) is 4.90 Å². The summed E-state index contributed by atoms with van der Waals surface area (Å²) in [6.07, 6.45) is 0.644. The lowest BCUT2D eigenvalue weighted by atomic mass is 10.0. The molecule has 3 aromatic rings. The summed E-state index contributed by atoms with van der Waals surface area (Å²) < 4.78 is 37.8. The van der Waals surface area contributed by atoms with Crippen molar-refractivity contribution >= 4 is 20.9 Å². The summed E-state index contributed by atoms with van der Waals surface area (Å²) in [6.45, 7) is 3.99. The minimum atomic E-state index is -3.64. The molecule has 0 aliphatic carbocycles. The van der Waals surface area contributed by atoms with Gasteiger partial charge in [-0.05, 0) is 44.0 Å². The highest BCUT2D eigenvalue weighted by Gasteiger charge is 2.34. The topological polar surface area (TPSA) is 88.4 Å². The van der Waals surface area contributed by atoms with Crippen molar-refractivity contribution in [2.75, 3.05) is 13.7 Å². The Kier molecular flexibility index (Phi) is 3.62. The van der Waals surface area contributed by atoms with E-state index in [0.29, 0.717) is 31.0 Å². The van der Waals surface area contributed by atoms with Crippen molar-refractivity contribution < 1.29 is 17.7 Å². The maximum absolute atomic E-state index is 13.0. The van der Waals surface area contributed by atoms with E-state index in [0.717, 1.165) is 27.9 Å². The van der Waals surface area contributed by atoms with Crippen molar-refractivity contribution in [2.24, 2.45) is 0 Å². The maximum Gasteiger partial charge on any atom is 0.248 e. The molecule has 0 radical (unpaired) electrons. The van der Waals surface area contributed by atoms with Crippen molar-refractivity contribution in [3.05, 3.63) is 40.9 Å². The van der Waals surface area contributed by atoms with Crippen LogP contribution in [-0.2, 0) is 23.0 Å². The Morgan fingerprint density at radius 1 is 1.32 bits per heavy atom. The summed E-state index contributed by atoms with van der Waals surface area (Å²) in [6, 6.07) is 5.84. The zero-order chi connectivity index (χ0) is 17.8. The number of nitrogens with one attached hydrogen (secondary N) is 1. The predicted octanol–water partition coefficient (Wildman–Crippen LogP) is 2.53. The van der Waals surface area contributed by atoms with E-state index in [2.05, 4.69) is 10.1 Å². The lowest BCUT2D eigenvalue weighted by molar-refractivity contribution is 0.380. The van der Waals surface area contributed by atoms with Gasteiger partial charge in [0.25, 0.3) is 0 Å². The molecule has 3 heterocycles. The molecule has 1 aliphatic heterocycles.